The highest BCUT2D eigenvalue weighted by Crippen LogP contribution is 2.32. The molecule has 4 rings (SSSR count). The van der Waals surface area contributed by atoms with Crippen molar-refractivity contribution in [2.75, 3.05) is 11.9 Å². The highest BCUT2D eigenvalue weighted by Gasteiger charge is 2.14. The molecule has 0 fully saturated rings. The Bertz CT molecular complexity index is 1510. The molecule has 0 radical (unpaired) electrons. The van der Waals surface area contributed by atoms with Crippen molar-refractivity contribution in [3.63, 3.8) is 0 Å². The van der Waals surface area contributed by atoms with Gasteiger partial charge in [-0.1, -0.05) is 58.4 Å². The normalized spacial score (nSPS) is 11.0. The maximum Gasteiger partial charge on any atom is 0.266 e. The number of benzene rings is 4. The molecule has 0 heterocycles. The summed E-state index contributed by atoms with van der Waals surface area (Å²) in [6.07, 6.45) is 1.96. The minimum Gasteiger partial charge on any atom is -0.494 e. The Morgan fingerprint density at radius 1 is 0.974 bits per heavy atom. The van der Waals surface area contributed by atoms with Crippen LogP contribution >= 0.6 is 15.9 Å². The van der Waals surface area contributed by atoms with Gasteiger partial charge in [0.1, 0.15) is 35.6 Å². The van der Waals surface area contributed by atoms with Gasteiger partial charge in [0.05, 0.1) is 6.61 Å². The van der Waals surface area contributed by atoms with E-state index in [1.807, 2.05) is 49.4 Å². The molecule has 0 aromatic heterocycles. The molecule has 1 N–H and O–H groups in total. The Hall–Kier alpha value is -4.41. The maximum absolute atomic E-state index is 13.7. The van der Waals surface area contributed by atoms with E-state index in [0.29, 0.717) is 42.4 Å². The number of nitrogens with zero attached hydrogens (tertiary/aromatic N) is 1. The molecule has 5 nitrogen and oxygen atoms in total. The Labute approximate surface area is 235 Å². The smallest absolute Gasteiger partial charge is 0.266 e. The highest BCUT2D eigenvalue weighted by atomic mass is 79.9. The van der Waals surface area contributed by atoms with Gasteiger partial charge in [-0.15, -0.1) is 0 Å². The minimum atomic E-state index is -0.534. The van der Waals surface area contributed by atoms with Gasteiger partial charge in [0, 0.05) is 22.1 Å². The van der Waals surface area contributed by atoms with Gasteiger partial charge < -0.3 is 14.8 Å². The predicted octanol–water partition coefficient (Wildman–Crippen LogP) is 7.70. The van der Waals surface area contributed by atoms with Gasteiger partial charge in [-0.05, 0) is 78.2 Å². The quantitative estimate of drug-likeness (QED) is 0.153. The molecular formula is C32H26BrFN2O3. The largest absolute Gasteiger partial charge is 0.494 e. The van der Waals surface area contributed by atoms with Crippen LogP contribution in [-0.2, 0) is 17.8 Å². The minimum absolute atomic E-state index is 0.0633. The fourth-order valence-corrected chi connectivity index (χ4v) is 4.51. The van der Waals surface area contributed by atoms with Crippen LogP contribution in [0.3, 0.4) is 0 Å². The molecule has 0 aliphatic carbocycles. The van der Waals surface area contributed by atoms with Gasteiger partial charge in [-0.25, -0.2) is 4.39 Å². The molecule has 7 heteroatoms. The lowest BCUT2D eigenvalue weighted by Crippen LogP contribution is -2.13. The van der Waals surface area contributed by atoms with Crippen molar-refractivity contribution in [2.45, 2.75) is 20.0 Å². The first kappa shape index (κ1) is 27.6. The third kappa shape index (κ3) is 7.79. The van der Waals surface area contributed by atoms with Crippen molar-refractivity contribution in [1.29, 1.82) is 5.26 Å². The van der Waals surface area contributed by atoms with Crippen LogP contribution in [0.2, 0.25) is 0 Å². The summed E-state index contributed by atoms with van der Waals surface area (Å²) in [7, 11) is 0. The summed E-state index contributed by atoms with van der Waals surface area (Å²) in [5, 5.41) is 12.5. The molecule has 4 aromatic rings. The molecule has 0 spiro atoms. The first-order valence-corrected chi connectivity index (χ1v) is 13.1. The van der Waals surface area contributed by atoms with Crippen LogP contribution in [-0.4, -0.2) is 12.5 Å². The number of anilines is 1. The lowest BCUT2D eigenvalue weighted by atomic mass is 10.0. The first-order chi connectivity index (χ1) is 18.9. The van der Waals surface area contributed by atoms with Crippen LogP contribution < -0.4 is 14.8 Å². The number of rotatable bonds is 10. The van der Waals surface area contributed by atoms with Crippen LogP contribution in [0, 0.1) is 17.1 Å². The van der Waals surface area contributed by atoms with Gasteiger partial charge in [0.25, 0.3) is 5.91 Å². The molecule has 0 unspecified atom stereocenters. The summed E-state index contributed by atoms with van der Waals surface area (Å²) in [5.74, 6) is 0.416. The highest BCUT2D eigenvalue weighted by molar-refractivity contribution is 9.10. The van der Waals surface area contributed by atoms with Crippen LogP contribution in [0.5, 0.6) is 11.5 Å². The average molecular weight is 585 g/mol. The van der Waals surface area contributed by atoms with E-state index in [2.05, 4.69) is 21.2 Å². The van der Waals surface area contributed by atoms with Crippen molar-refractivity contribution in [2.24, 2.45) is 0 Å². The Morgan fingerprint density at radius 2 is 1.72 bits per heavy atom. The molecule has 0 atom stereocenters. The van der Waals surface area contributed by atoms with Gasteiger partial charge in [-0.2, -0.15) is 5.26 Å². The van der Waals surface area contributed by atoms with Crippen molar-refractivity contribution >= 4 is 33.6 Å². The molecule has 1 amide bonds. The van der Waals surface area contributed by atoms with E-state index in [0.717, 1.165) is 21.2 Å². The number of nitrogens with one attached hydrogen (secondary N) is 1. The van der Waals surface area contributed by atoms with E-state index in [-0.39, 0.29) is 11.4 Å². The molecule has 0 aliphatic heterocycles. The molecule has 39 heavy (non-hydrogen) atoms. The molecular weight excluding hydrogens is 559 g/mol. The second-order valence-electron chi connectivity index (χ2n) is 8.64. The van der Waals surface area contributed by atoms with Gasteiger partial charge in [-0.3, -0.25) is 4.79 Å². The number of carbonyl (C=O) groups is 1. The number of nitriles is 1. The maximum atomic E-state index is 13.7. The van der Waals surface area contributed by atoms with Gasteiger partial charge in [0.2, 0.25) is 0 Å². The zero-order chi connectivity index (χ0) is 27.6. The first-order valence-electron chi connectivity index (χ1n) is 12.3. The van der Waals surface area contributed by atoms with Crippen LogP contribution in [0.15, 0.2) is 101 Å². The number of carbonyl (C=O) groups excluding carboxylic acids is 1. The van der Waals surface area contributed by atoms with Crippen LogP contribution in [0.4, 0.5) is 10.1 Å². The Balaban J connectivity index is 1.47. The standard InChI is InChI=1S/C32H26BrFN2O3/c1-2-38-31-19-24(18-30(33)29(31)17-23-9-6-10-26(34)16-23)15-25(20-35)32(37)36-27-11-13-28(14-12-27)39-21-22-7-4-3-5-8-22/h3-16,18-19H,2,17,21H2,1H3,(H,36,37)/b25-15+. The molecule has 0 aliphatic rings. The molecule has 0 saturated carbocycles. The van der Waals surface area contributed by atoms with Crippen molar-refractivity contribution < 1.29 is 18.7 Å². The second kappa shape index (κ2) is 13.4. The molecule has 4 aromatic carbocycles. The van der Waals surface area contributed by atoms with Crippen molar-refractivity contribution in [3.8, 4) is 17.6 Å². The summed E-state index contributed by atoms with van der Waals surface area (Å²) in [4.78, 5) is 12.9. The van der Waals surface area contributed by atoms with E-state index < -0.39 is 5.91 Å². The van der Waals surface area contributed by atoms with Crippen LogP contribution in [0.1, 0.15) is 29.2 Å². The van der Waals surface area contributed by atoms with E-state index >= 15 is 0 Å². The molecule has 0 bridgehead atoms. The summed E-state index contributed by atoms with van der Waals surface area (Å²) >= 11 is 3.58. The van der Waals surface area contributed by atoms with Gasteiger partial charge >= 0.3 is 0 Å². The summed E-state index contributed by atoms with van der Waals surface area (Å²) < 4.78 is 26.0. The Morgan fingerprint density at radius 3 is 2.41 bits per heavy atom. The van der Waals surface area contributed by atoms with Crippen molar-refractivity contribution in [1.82, 2.24) is 0 Å². The summed E-state index contributed by atoms with van der Waals surface area (Å²) in [5.41, 5.74) is 3.79. The Kier molecular flexibility index (Phi) is 9.49. The third-order valence-electron chi connectivity index (χ3n) is 5.78. The fraction of sp³-hybridized carbons (Fsp3) is 0.125. The second-order valence-corrected chi connectivity index (χ2v) is 9.50. The van der Waals surface area contributed by atoms with E-state index in [9.17, 15) is 14.4 Å². The predicted molar refractivity (Wildman–Crippen MR) is 154 cm³/mol. The number of amides is 1. The summed E-state index contributed by atoms with van der Waals surface area (Å²) in [6.45, 7) is 2.73. The van der Waals surface area contributed by atoms with Crippen molar-refractivity contribution in [3.05, 3.63) is 129 Å². The average Bonchev–Trinajstić information content (AvgIpc) is 2.94. The lowest BCUT2D eigenvalue weighted by Gasteiger charge is -2.14. The van der Waals surface area contributed by atoms with E-state index in [1.54, 1.807) is 42.5 Å². The molecule has 196 valence electrons. The SMILES string of the molecule is CCOc1cc(/C=C(\C#N)C(=O)Nc2ccc(OCc3ccccc3)cc2)cc(Br)c1Cc1cccc(F)c1. The number of hydrogen-bond acceptors (Lipinski definition) is 4. The number of halogens is 2. The third-order valence-corrected chi connectivity index (χ3v) is 6.49. The lowest BCUT2D eigenvalue weighted by molar-refractivity contribution is -0.112. The monoisotopic (exact) mass is 584 g/mol. The molecule has 0 saturated heterocycles. The van der Waals surface area contributed by atoms with E-state index in [4.69, 9.17) is 9.47 Å². The summed E-state index contributed by atoms with van der Waals surface area (Å²) in [6, 6.07) is 28.7. The van der Waals surface area contributed by atoms with E-state index in [1.165, 1.54) is 18.2 Å². The zero-order valence-corrected chi connectivity index (χ0v) is 22.9. The number of hydrogen-bond donors (Lipinski definition) is 1. The number of ether oxygens (including phenoxy) is 2. The zero-order valence-electron chi connectivity index (χ0n) is 21.3. The van der Waals surface area contributed by atoms with Gasteiger partial charge in [0.15, 0.2) is 0 Å². The fourth-order valence-electron chi connectivity index (χ4n) is 3.91. The topological polar surface area (TPSA) is 71.3 Å². The van der Waals surface area contributed by atoms with Crippen LogP contribution in [0.25, 0.3) is 6.08 Å².